The van der Waals surface area contributed by atoms with Gasteiger partial charge in [0.05, 0.1) is 0 Å². The van der Waals surface area contributed by atoms with E-state index >= 15 is 0 Å². The third-order valence-corrected chi connectivity index (χ3v) is 5.16. The molecule has 0 aromatic heterocycles. The standard InChI is InChI=1S/C13H24/c1-4-5-7-12-8-6-9-13(12)10(2)11(13)3/h10-12H,4-9H2,1-3H3. The van der Waals surface area contributed by atoms with Gasteiger partial charge >= 0.3 is 0 Å². The van der Waals surface area contributed by atoms with E-state index in [4.69, 9.17) is 0 Å². The van der Waals surface area contributed by atoms with E-state index in [-0.39, 0.29) is 0 Å². The second kappa shape index (κ2) is 3.29. The van der Waals surface area contributed by atoms with Gasteiger partial charge in [-0.25, -0.2) is 0 Å². The maximum atomic E-state index is 2.48. The Bertz CT molecular complexity index is 174. The van der Waals surface area contributed by atoms with E-state index in [2.05, 4.69) is 20.8 Å². The maximum Gasteiger partial charge on any atom is -0.0212 e. The molecule has 3 unspecified atom stereocenters. The van der Waals surface area contributed by atoms with Gasteiger partial charge in [-0.3, -0.25) is 0 Å². The zero-order valence-corrected chi connectivity index (χ0v) is 9.47. The first-order valence-corrected chi connectivity index (χ1v) is 6.23. The molecular formula is C13H24. The van der Waals surface area contributed by atoms with Crippen molar-refractivity contribution in [3.05, 3.63) is 0 Å². The summed E-state index contributed by atoms with van der Waals surface area (Å²) in [5.41, 5.74) is 0.829. The Kier molecular flexibility index (Phi) is 2.42. The summed E-state index contributed by atoms with van der Waals surface area (Å²) in [6.07, 6.45) is 8.97. The molecule has 2 fully saturated rings. The highest BCUT2D eigenvalue weighted by Gasteiger charge is 2.63. The molecule has 0 heterocycles. The van der Waals surface area contributed by atoms with Crippen molar-refractivity contribution in [1.29, 1.82) is 0 Å². The molecular weight excluding hydrogens is 156 g/mol. The molecule has 76 valence electrons. The second-order valence-electron chi connectivity index (χ2n) is 5.42. The predicted molar refractivity (Wildman–Crippen MR) is 57.6 cm³/mol. The Morgan fingerprint density at radius 1 is 1.23 bits per heavy atom. The Balaban J connectivity index is 1.96. The van der Waals surface area contributed by atoms with Gasteiger partial charge in [0, 0.05) is 0 Å². The van der Waals surface area contributed by atoms with Gasteiger partial charge < -0.3 is 0 Å². The van der Waals surface area contributed by atoms with Crippen LogP contribution in [0.15, 0.2) is 0 Å². The average molecular weight is 180 g/mol. The molecule has 0 aliphatic heterocycles. The molecule has 0 heteroatoms. The van der Waals surface area contributed by atoms with Crippen molar-refractivity contribution in [1.82, 2.24) is 0 Å². The first-order valence-electron chi connectivity index (χ1n) is 6.23. The molecule has 3 atom stereocenters. The first kappa shape index (κ1) is 9.55. The molecule has 1 spiro atoms. The molecule has 13 heavy (non-hydrogen) atoms. The van der Waals surface area contributed by atoms with Crippen molar-refractivity contribution in [3.63, 3.8) is 0 Å². The normalized spacial score (nSPS) is 48.7. The fraction of sp³-hybridized carbons (Fsp3) is 1.00. The zero-order chi connectivity index (χ0) is 9.47. The Morgan fingerprint density at radius 3 is 2.46 bits per heavy atom. The van der Waals surface area contributed by atoms with Crippen LogP contribution in [-0.2, 0) is 0 Å². The SMILES string of the molecule is CCCCC1CCCC12C(C)C2C. The minimum atomic E-state index is 0.829. The summed E-state index contributed by atoms with van der Waals surface area (Å²) in [6, 6.07) is 0. The molecule has 0 saturated heterocycles. The lowest BCUT2D eigenvalue weighted by Crippen LogP contribution is -2.12. The quantitative estimate of drug-likeness (QED) is 0.609. The van der Waals surface area contributed by atoms with E-state index in [9.17, 15) is 0 Å². The number of unbranched alkanes of at least 4 members (excludes halogenated alkanes) is 1. The fourth-order valence-electron chi connectivity index (χ4n) is 4.08. The topological polar surface area (TPSA) is 0 Å². The van der Waals surface area contributed by atoms with Crippen molar-refractivity contribution in [3.8, 4) is 0 Å². The van der Waals surface area contributed by atoms with Gasteiger partial charge in [-0.1, -0.05) is 40.0 Å². The average Bonchev–Trinajstić information content (AvgIpc) is 2.56. The summed E-state index contributed by atoms with van der Waals surface area (Å²) in [4.78, 5) is 0. The fourth-order valence-corrected chi connectivity index (χ4v) is 4.08. The molecule has 0 aromatic rings. The van der Waals surface area contributed by atoms with Crippen LogP contribution in [0.25, 0.3) is 0 Å². The summed E-state index contributed by atoms with van der Waals surface area (Å²) in [7, 11) is 0. The lowest BCUT2D eigenvalue weighted by molar-refractivity contribution is 0.295. The number of hydrogen-bond donors (Lipinski definition) is 0. The minimum Gasteiger partial charge on any atom is -0.0654 e. The van der Waals surface area contributed by atoms with Crippen molar-refractivity contribution < 1.29 is 0 Å². The summed E-state index contributed by atoms with van der Waals surface area (Å²) in [5, 5.41) is 0. The molecule has 0 radical (unpaired) electrons. The zero-order valence-electron chi connectivity index (χ0n) is 9.47. The highest BCUT2D eigenvalue weighted by Crippen LogP contribution is 2.70. The second-order valence-corrected chi connectivity index (χ2v) is 5.42. The van der Waals surface area contributed by atoms with Gasteiger partial charge in [0.2, 0.25) is 0 Å². The molecule has 2 saturated carbocycles. The van der Waals surface area contributed by atoms with Crippen molar-refractivity contribution in [2.24, 2.45) is 23.2 Å². The molecule has 0 N–H and O–H groups in total. The van der Waals surface area contributed by atoms with E-state index in [0.29, 0.717) is 0 Å². The molecule has 2 aliphatic carbocycles. The Morgan fingerprint density at radius 2 is 1.92 bits per heavy atom. The van der Waals surface area contributed by atoms with E-state index in [1.165, 1.54) is 32.1 Å². The van der Waals surface area contributed by atoms with E-state index in [0.717, 1.165) is 23.2 Å². The van der Waals surface area contributed by atoms with Crippen molar-refractivity contribution in [2.45, 2.75) is 59.3 Å². The monoisotopic (exact) mass is 180 g/mol. The summed E-state index contributed by atoms with van der Waals surface area (Å²) in [6.45, 7) is 7.28. The van der Waals surface area contributed by atoms with Crippen LogP contribution >= 0.6 is 0 Å². The van der Waals surface area contributed by atoms with Crippen LogP contribution in [0.4, 0.5) is 0 Å². The summed E-state index contributed by atoms with van der Waals surface area (Å²) < 4.78 is 0. The summed E-state index contributed by atoms with van der Waals surface area (Å²) >= 11 is 0. The first-order chi connectivity index (χ1) is 6.23. The van der Waals surface area contributed by atoms with E-state index in [1.54, 1.807) is 6.42 Å². The van der Waals surface area contributed by atoms with Crippen LogP contribution in [0.2, 0.25) is 0 Å². The predicted octanol–water partition coefficient (Wildman–Crippen LogP) is 4.25. The Hall–Kier alpha value is 0. The van der Waals surface area contributed by atoms with E-state index in [1.807, 2.05) is 0 Å². The lowest BCUT2D eigenvalue weighted by atomic mass is 9.85. The van der Waals surface area contributed by atoms with Crippen LogP contribution in [0.1, 0.15) is 59.3 Å². The van der Waals surface area contributed by atoms with Crippen LogP contribution in [0.3, 0.4) is 0 Å². The van der Waals surface area contributed by atoms with Crippen LogP contribution < -0.4 is 0 Å². The van der Waals surface area contributed by atoms with E-state index < -0.39 is 0 Å². The van der Waals surface area contributed by atoms with Crippen LogP contribution in [0.5, 0.6) is 0 Å². The van der Waals surface area contributed by atoms with Gasteiger partial charge in [-0.2, -0.15) is 0 Å². The third kappa shape index (κ3) is 1.25. The van der Waals surface area contributed by atoms with Crippen molar-refractivity contribution >= 4 is 0 Å². The molecule has 0 aromatic carbocycles. The molecule has 2 aliphatic rings. The number of hydrogen-bond acceptors (Lipinski definition) is 0. The largest absolute Gasteiger partial charge is 0.0654 e. The third-order valence-electron chi connectivity index (χ3n) is 5.16. The maximum absolute atomic E-state index is 2.48. The molecule has 2 rings (SSSR count). The van der Waals surface area contributed by atoms with Gasteiger partial charge in [0.25, 0.3) is 0 Å². The summed E-state index contributed by atoms with van der Waals surface area (Å²) in [5.74, 6) is 3.17. The number of rotatable bonds is 3. The van der Waals surface area contributed by atoms with Gasteiger partial charge in [0.15, 0.2) is 0 Å². The van der Waals surface area contributed by atoms with Gasteiger partial charge in [-0.05, 0) is 42.4 Å². The molecule has 0 bridgehead atoms. The van der Waals surface area contributed by atoms with Crippen LogP contribution in [0, 0.1) is 23.2 Å². The van der Waals surface area contributed by atoms with Crippen LogP contribution in [-0.4, -0.2) is 0 Å². The highest BCUT2D eigenvalue weighted by molar-refractivity contribution is 5.12. The van der Waals surface area contributed by atoms with Gasteiger partial charge in [0.1, 0.15) is 0 Å². The molecule has 0 amide bonds. The smallest absolute Gasteiger partial charge is 0.0212 e. The van der Waals surface area contributed by atoms with Crippen molar-refractivity contribution in [2.75, 3.05) is 0 Å². The lowest BCUT2D eigenvalue weighted by Gasteiger charge is -2.20. The Labute approximate surface area is 83.1 Å². The molecule has 0 nitrogen and oxygen atoms in total. The highest BCUT2D eigenvalue weighted by atomic mass is 14.7. The van der Waals surface area contributed by atoms with Gasteiger partial charge in [-0.15, -0.1) is 0 Å². The minimum absolute atomic E-state index is 0.829.